The standard InChI is InChI=1S/C14H11NO4/c1-8-2-4-9(5-3-8)10-6-11(13(16)17)15-12(7-10)14(18)19/h2-7H,1H3,(H,16,17)(H,18,19). The highest BCUT2D eigenvalue weighted by atomic mass is 16.4. The van der Waals surface area contributed by atoms with Gasteiger partial charge < -0.3 is 10.2 Å². The third-order valence-corrected chi connectivity index (χ3v) is 2.65. The second kappa shape index (κ2) is 4.89. The summed E-state index contributed by atoms with van der Waals surface area (Å²) in [6.45, 7) is 1.93. The van der Waals surface area contributed by atoms with E-state index in [4.69, 9.17) is 10.2 Å². The molecule has 0 atom stereocenters. The lowest BCUT2D eigenvalue weighted by Crippen LogP contribution is -2.07. The molecule has 0 spiro atoms. The third kappa shape index (κ3) is 2.77. The van der Waals surface area contributed by atoms with Crippen LogP contribution in [0.3, 0.4) is 0 Å². The normalized spacial score (nSPS) is 10.2. The number of carboxylic acid groups (broad SMARTS) is 2. The molecule has 1 aromatic heterocycles. The lowest BCUT2D eigenvalue weighted by atomic mass is 10.0. The maximum atomic E-state index is 11.0. The summed E-state index contributed by atoms with van der Waals surface area (Å²) in [4.78, 5) is 25.5. The fourth-order valence-electron chi connectivity index (χ4n) is 1.66. The van der Waals surface area contributed by atoms with Crippen LogP contribution in [0.15, 0.2) is 36.4 Å². The number of carbonyl (C=O) groups is 2. The average Bonchev–Trinajstić information content (AvgIpc) is 2.39. The van der Waals surface area contributed by atoms with E-state index < -0.39 is 11.9 Å². The Kier molecular flexibility index (Phi) is 3.29. The molecule has 2 aromatic rings. The third-order valence-electron chi connectivity index (χ3n) is 2.65. The Bertz CT molecular complexity index is 615. The van der Waals surface area contributed by atoms with Gasteiger partial charge in [0.25, 0.3) is 0 Å². The molecule has 1 heterocycles. The molecule has 0 aliphatic carbocycles. The van der Waals surface area contributed by atoms with Gasteiger partial charge in [0.05, 0.1) is 0 Å². The molecule has 0 aliphatic heterocycles. The van der Waals surface area contributed by atoms with Gasteiger partial charge in [-0.1, -0.05) is 29.8 Å². The Morgan fingerprint density at radius 2 is 1.37 bits per heavy atom. The van der Waals surface area contributed by atoms with Crippen molar-refractivity contribution in [2.45, 2.75) is 6.92 Å². The summed E-state index contributed by atoms with van der Waals surface area (Å²) in [6, 6.07) is 10.1. The summed E-state index contributed by atoms with van der Waals surface area (Å²) in [5, 5.41) is 17.9. The van der Waals surface area contributed by atoms with Crippen molar-refractivity contribution in [2.24, 2.45) is 0 Å². The Morgan fingerprint density at radius 1 is 0.895 bits per heavy atom. The van der Waals surface area contributed by atoms with Crippen LogP contribution in [0.2, 0.25) is 0 Å². The lowest BCUT2D eigenvalue weighted by molar-refractivity contribution is 0.0685. The van der Waals surface area contributed by atoms with Crippen molar-refractivity contribution in [1.82, 2.24) is 4.98 Å². The van der Waals surface area contributed by atoms with Crippen LogP contribution in [0.4, 0.5) is 0 Å². The van der Waals surface area contributed by atoms with E-state index in [-0.39, 0.29) is 11.4 Å². The monoisotopic (exact) mass is 257 g/mol. The predicted molar refractivity (Wildman–Crippen MR) is 68.3 cm³/mol. The number of hydrogen-bond acceptors (Lipinski definition) is 3. The average molecular weight is 257 g/mol. The Morgan fingerprint density at radius 3 is 1.79 bits per heavy atom. The van der Waals surface area contributed by atoms with Gasteiger partial charge in [-0.25, -0.2) is 14.6 Å². The zero-order valence-electron chi connectivity index (χ0n) is 10.1. The molecule has 5 heteroatoms. The molecule has 5 nitrogen and oxygen atoms in total. The van der Waals surface area contributed by atoms with Crippen molar-refractivity contribution in [3.05, 3.63) is 53.3 Å². The zero-order chi connectivity index (χ0) is 14.0. The summed E-state index contributed by atoms with van der Waals surface area (Å²) < 4.78 is 0. The van der Waals surface area contributed by atoms with Crippen LogP contribution in [-0.2, 0) is 0 Å². The van der Waals surface area contributed by atoms with Gasteiger partial charge in [-0.2, -0.15) is 0 Å². The summed E-state index contributed by atoms with van der Waals surface area (Å²) in [5.41, 5.74) is 1.77. The minimum absolute atomic E-state index is 0.282. The summed E-state index contributed by atoms with van der Waals surface area (Å²) in [5.74, 6) is -2.51. The molecule has 0 amide bonds. The highest BCUT2D eigenvalue weighted by Gasteiger charge is 2.13. The topological polar surface area (TPSA) is 87.5 Å². The second-order valence-corrected chi connectivity index (χ2v) is 4.10. The molecule has 19 heavy (non-hydrogen) atoms. The predicted octanol–water partition coefficient (Wildman–Crippen LogP) is 2.45. The van der Waals surface area contributed by atoms with E-state index in [2.05, 4.69) is 4.98 Å². The molecule has 0 radical (unpaired) electrons. The van der Waals surface area contributed by atoms with E-state index in [0.717, 1.165) is 11.1 Å². The van der Waals surface area contributed by atoms with Gasteiger partial charge >= 0.3 is 11.9 Å². The molecule has 0 saturated carbocycles. The van der Waals surface area contributed by atoms with Gasteiger partial charge in [0.15, 0.2) is 0 Å². The van der Waals surface area contributed by atoms with Crippen LogP contribution in [-0.4, -0.2) is 27.1 Å². The van der Waals surface area contributed by atoms with Crippen LogP contribution in [0.5, 0.6) is 0 Å². The van der Waals surface area contributed by atoms with Crippen LogP contribution in [0.1, 0.15) is 26.5 Å². The van der Waals surface area contributed by atoms with Crippen LogP contribution in [0, 0.1) is 6.92 Å². The molecule has 0 aliphatic rings. The maximum Gasteiger partial charge on any atom is 0.354 e. The highest BCUT2D eigenvalue weighted by molar-refractivity contribution is 5.92. The number of aromatic nitrogens is 1. The SMILES string of the molecule is Cc1ccc(-c2cc(C(=O)O)nc(C(=O)O)c2)cc1. The fourth-order valence-corrected chi connectivity index (χ4v) is 1.66. The Balaban J connectivity index is 2.59. The Labute approximate surface area is 109 Å². The molecule has 0 saturated heterocycles. The molecule has 0 fully saturated rings. The van der Waals surface area contributed by atoms with Crippen LogP contribution < -0.4 is 0 Å². The Hall–Kier alpha value is -2.69. The molecule has 0 bridgehead atoms. The van der Waals surface area contributed by atoms with E-state index >= 15 is 0 Å². The van der Waals surface area contributed by atoms with Crippen LogP contribution in [0.25, 0.3) is 11.1 Å². The number of aryl methyl sites for hydroxylation is 1. The summed E-state index contributed by atoms with van der Waals surface area (Å²) in [6.07, 6.45) is 0. The smallest absolute Gasteiger partial charge is 0.354 e. The number of nitrogens with zero attached hydrogens (tertiary/aromatic N) is 1. The molecule has 96 valence electrons. The fraction of sp³-hybridized carbons (Fsp3) is 0.0714. The summed E-state index contributed by atoms with van der Waals surface area (Å²) in [7, 11) is 0. The number of carboxylic acids is 2. The maximum absolute atomic E-state index is 11.0. The highest BCUT2D eigenvalue weighted by Crippen LogP contribution is 2.21. The van der Waals surface area contributed by atoms with E-state index in [1.54, 1.807) is 0 Å². The van der Waals surface area contributed by atoms with Crippen LogP contribution >= 0.6 is 0 Å². The minimum atomic E-state index is -1.25. The zero-order valence-corrected chi connectivity index (χ0v) is 10.1. The number of pyridine rings is 1. The first-order chi connectivity index (χ1) is 8.97. The van der Waals surface area contributed by atoms with Gasteiger partial charge in [0.2, 0.25) is 0 Å². The number of aromatic carboxylic acids is 2. The van der Waals surface area contributed by atoms with Gasteiger partial charge in [-0.3, -0.25) is 0 Å². The molecular weight excluding hydrogens is 246 g/mol. The molecular formula is C14H11NO4. The quantitative estimate of drug-likeness (QED) is 0.881. The molecule has 2 N–H and O–H groups in total. The van der Waals surface area contributed by atoms with E-state index in [1.807, 2.05) is 31.2 Å². The van der Waals surface area contributed by atoms with Crippen molar-refractivity contribution in [2.75, 3.05) is 0 Å². The second-order valence-electron chi connectivity index (χ2n) is 4.10. The molecule has 2 rings (SSSR count). The van der Waals surface area contributed by atoms with Crippen molar-refractivity contribution >= 4 is 11.9 Å². The number of benzene rings is 1. The summed E-state index contributed by atoms with van der Waals surface area (Å²) >= 11 is 0. The van der Waals surface area contributed by atoms with E-state index in [0.29, 0.717) is 5.56 Å². The largest absolute Gasteiger partial charge is 0.477 e. The van der Waals surface area contributed by atoms with Gasteiger partial charge in [-0.05, 0) is 30.2 Å². The minimum Gasteiger partial charge on any atom is -0.477 e. The van der Waals surface area contributed by atoms with Gasteiger partial charge in [0, 0.05) is 0 Å². The van der Waals surface area contributed by atoms with E-state index in [9.17, 15) is 9.59 Å². The molecule has 1 aromatic carbocycles. The van der Waals surface area contributed by atoms with Crippen molar-refractivity contribution in [3.63, 3.8) is 0 Å². The van der Waals surface area contributed by atoms with Gasteiger partial charge in [0.1, 0.15) is 11.4 Å². The lowest BCUT2D eigenvalue weighted by Gasteiger charge is -2.05. The molecule has 0 unspecified atom stereocenters. The first-order valence-corrected chi connectivity index (χ1v) is 5.53. The first-order valence-electron chi connectivity index (χ1n) is 5.53. The first kappa shape index (κ1) is 12.8. The number of hydrogen-bond donors (Lipinski definition) is 2. The van der Waals surface area contributed by atoms with Crippen molar-refractivity contribution < 1.29 is 19.8 Å². The van der Waals surface area contributed by atoms with Crippen molar-refractivity contribution in [3.8, 4) is 11.1 Å². The van der Waals surface area contributed by atoms with Crippen molar-refractivity contribution in [1.29, 1.82) is 0 Å². The number of rotatable bonds is 3. The van der Waals surface area contributed by atoms with E-state index in [1.165, 1.54) is 12.1 Å². The van der Waals surface area contributed by atoms with Gasteiger partial charge in [-0.15, -0.1) is 0 Å².